The van der Waals surface area contributed by atoms with Gasteiger partial charge < -0.3 is 9.15 Å². The van der Waals surface area contributed by atoms with Gasteiger partial charge in [0.05, 0.1) is 25.2 Å². The van der Waals surface area contributed by atoms with E-state index in [0.29, 0.717) is 29.0 Å². The second kappa shape index (κ2) is 6.48. The zero-order valence-electron chi connectivity index (χ0n) is 13.3. The number of aromatic nitrogens is 5. The van der Waals surface area contributed by atoms with Crippen LogP contribution in [0.25, 0.3) is 34.3 Å². The number of nitrogens with zero attached hydrogens (tertiary/aromatic N) is 5. The van der Waals surface area contributed by atoms with E-state index in [-0.39, 0.29) is 0 Å². The Labute approximate surface area is 143 Å². The highest BCUT2D eigenvalue weighted by Crippen LogP contribution is 2.24. The van der Waals surface area contributed by atoms with Crippen LogP contribution in [0.3, 0.4) is 0 Å². The largest absolute Gasteiger partial charge is 0.481 e. The lowest BCUT2D eigenvalue weighted by molar-refractivity contribution is 0.398. The quantitative estimate of drug-likeness (QED) is 0.567. The Morgan fingerprint density at radius 1 is 0.800 bits per heavy atom. The molecule has 4 aromatic rings. The summed E-state index contributed by atoms with van der Waals surface area (Å²) in [5.41, 5.74) is 2.83. The van der Waals surface area contributed by atoms with Crippen LogP contribution in [0, 0.1) is 0 Å². The lowest BCUT2D eigenvalue weighted by atomic mass is 10.2. The Morgan fingerprint density at radius 3 is 2.36 bits per heavy atom. The van der Waals surface area contributed by atoms with Crippen molar-refractivity contribution in [2.45, 2.75) is 0 Å². The van der Waals surface area contributed by atoms with Crippen LogP contribution in [-0.4, -0.2) is 32.3 Å². The van der Waals surface area contributed by atoms with Gasteiger partial charge in [-0.3, -0.25) is 4.98 Å². The fourth-order valence-corrected chi connectivity index (χ4v) is 2.28. The molecule has 7 heteroatoms. The average molecular weight is 331 g/mol. The van der Waals surface area contributed by atoms with Gasteiger partial charge in [-0.05, 0) is 18.2 Å². The molecule has 122 valence electrons. The van der Waals surface area contributed by atoms with Gasteiger partial charge in [-0.15, -0.1) is 10.2 Å². The summed E-state index contributed by atoms with van der Waals surface area (Å²) >= 11 is 0. The first-order chi connectivity index (χ1) is 12.3. The van der Waals surface area contributed by atoms with Crippen LogP contribution in [0.1, 0.15) is 0 Å². The molecule has 0 amide bonds. The molecule has 0 saturated carbocycles. The zero-order valence-corrected chi connectivity index (χ0v) is 13.3. The molecule has 0 radical (unpaired) electrons. The lowest BCUT2D eigenvalue weighted by Crippen LogP contribution is -1.92. The number of methoxy groups -OCH3 is 1. The maximum atomic E-state index is 5.72. The van der Waals surface area contributed by atoms with Gasteiger partial charge in [0, 0.05) is 23.4 Å². The van der Waals surface area contributed by atoms with Crippen LogP contribution in [-0.2, 0) is 0 Å². The Balaban J connectivity index is 1.66. The van der Waals surface area contributed by atoms with Crippen molar-refractivity contribution in [3.05, 3.63) is 61.1 Å². The van der Waals surface area contributed by atoms with Crippen molar-refractivity contribution in [1.29, 1.82) is 0 Å². The SMILES string of the molecule is COc1ccc(-c2cncc(-c3nnc(-c4ccccc4)o3)n2)cn1. The van der Waals surface area contributed by atoms with E-state index in [4.69, 9.17) is 9.15 Å². The van der Waals surface area contributed by atoms with Crippen molar-refractivity contribution in [2.75, 3.05) is 7.11 Å². The minimum atomic E-state index is 0.315. The molecule has 25 heavy (non-hydrogen) atoms. The normalized spacial score (nSPS) is 10.6. The van der Waals surface area contributed by atoms with Gasteiger partial charge in [0.2, 0.25) is 11.8 Å². The minimum Gasteiger partial charge on any atom is -0.481 e. The molecule has 0 aliphatic carbocycles. The number of rotatable bonds is 4. The van der Waals surface area contributed by atoms with Crippen LogP contribution in [0.5, 0.6) is 5.88 Å². The summed E-state index contributed by atoms with van der Waals surface area (Å²) < 4.78 is 10.8. The van der Waals surface area contributed by atoms with Gasteiger partial charge >= 0.3 is 0 Å². The van der Waals surface area contributed by atoms with E-state index in [1.165, 1.54) is 0 Å². The second-order valence-corrected chi connectivity index (χ2v) is 5.16. The molecule has 4 rings (SSSR count). The number of pyridine rings is 1. The number of ether oxygens (including phenoxy) is 1. The van der Waals surface area contributed by atoms with Crippen LogP contribution in [0.15, 0.2) is 65.5 Å². The highest BCUT2D eigenvalue weighted by Gasteiger charge is 2.13. The van der Waals surface area contributed by atoms with Gasteiger partial charge in [-0.25, -0.2) is 9.97 Å². The second-order valence-electron chi connectivity index (χ2n) is 5.16. The molecule has 0 saturated heterocycles. The Morgan fingerprint density at radius 2 is 1.60 bits per heavy atom. The molecular weight excluding hydrogens is 318 g/mol. The molecule has 0 fully saturated rings. The molecule has 3 aromatic heterocycles. The molecule has 0 aliphatic heterocycles. The van der Waals surface area contributed by atoms with Crippen molar-refractivity contribution < 1.29 is 9.15 Å². The molecule has 0 N–H and O–H groups in total. The predicted molar refractivity (Wildman–Crippen MR) is 90.5 cm³/mol. The Kier molecular flexibility index (Phi) is 3.88. The van der Waals surface area contributed by atoms with Gasteiger partial charge in [0.1, 0.15) is 5.69 Å². The fraction of sp³-hybridized carbons (Fsp3) is 0.0556. The van der Waals surface area contributed by atoms with Crippen molar-refractivity contribution in [2.24, 2.45) is 0 Å². The summed E-state index contributed by atoms with van der Waals surface area (Å²) in [6, 6.07) is 13.2. The highest BCUT2D eigenvalue weighted by molar-refractivity contribution is 5.61. The predicted octanol–water partition coefficient (Wildman–Crippen LogP) is 3.26. The van der Waals surface area contributed by atoms with E-state index in [1.807, 2.05) is 36.4 Å². The molecule has 0 aliphatic rings. The topological polar surface area (TPSA) is 86.8 Å². The summed E-state index contributed by atoms with van der Waals surface area (Å²) in [7, 11) is 1.57. The summed E-state index contributed by atoms with van der Waals surface area (Å²) in [6.07, 6.45) is 4.92. The van der Waals surface area contributed by atoms with Crippen LogP contribution >= 0.6 is 0 Å². The fourth-order valence-electron chi connectivity index (χ4n) is 2.28. The van der Waals surface area contributed by atoms with Gasteiger partial charge in [0.25, 0.3) is 5.89 Å². The summed E-state index contributed by atoms with van der Waals surface area (Å²) in [5.74, 6) is 1.29. The maximum Gasteiger partial charge on any atom is 0.268 e. The molecular formula is C18H13N5O2. The van der Waals surface area contributed by atoms with E-state index in [0.717, 1.165) is 11.1 Å². The molecule has 0 atom stereocenters. The average Bonchev–Trinajstić information content (AvgIpc) is 3.19. The molecule has 0 bridgehead atoms. The number of benzene rings is 1. The standard InChI is InChI=1S/C18H13N5O2/c1-24-16-8-7-13(9-20-16)14-10-19-11-15(21-14)18-23-22-17(25-18)12-5-3-2-4-6-12/h2-11H,1H3. The van der Waals surface area contributed by atoms with E-state index >= 15 is 0 Å². The molecule has 1 aromatic carbocycles. The summed E-state index contributed by atoms with van der Waals surface area (Å²) in [5, 5.41) is 8.14. The van der Waals surface area contributed by atoms with E-state index in [2.05, 4.69) is 25.1 Å². The molecule has 3 heterocycles. The van der Waals surface area contributed by atoms with E-state index in [1.54, 1.807) is 31.8 Å². The van der Waals surface area contributed by atoms with Crippen LogP contribution < -0.4 is 4.74 Å². The highest BCUT2D eigenvalue weighted by atomic mass is 16.5. The zero-order chi connectivity index (χ0) is 17.1. The summed E-state index contributed by atoms with van der Waals surface area (Å²) in [4.78, 5) is 12.9. The maximum absolute atomic E-state index is 5.72. The van der Waals surface area contributed by atoms with E-state index < -0.39 is 0 Å². The monoisotopic (exact) mass is 331 g/mol. The van der Waals surface area contributed by atoms with Crippen molar-refractivity contribution in [3.63, 3.8) is 0 Å². The van der Waals surface area contributed by atoms with Crippen molar-refractivity contribution >= 4 is 0 Å². The Bertz CT molecular complexity index is 984. The molecule has 0 unspecified atom stereocenters. The lowest BCUT2D eigenvalue weighted by Gasteiger charge is -2.02. The first-order valence-electron chi connectivity index (χ1n) is 7.55. The third-order valence-corrected chi connectivity index (χ3v) is 3.54. The van der Waals surface area contributed by atoms with Crippen LogP contribution in [0.4, 0.5) is 0 Å². The first-order valence-corrected chi connectivity index (χ1v) is 7.55. The molecule has 0 spiro atoms. The van der Waals surface area contributed by atoms with E-state index in [9.17, 15) is 0 Å². The van der Waals surface area contributed by atoms with Gasteiger partial charge in [-0.1, -0.05) is 18.2 Å². The van der Waals surface area contributed by atoms with Crippen LogP contribution in [0.2, 0.25) is 0 Å². The van der Waals surface area contributed by atoms with Gasteiger partial charge in [-0.2, -0.15) is 0 Å². The summed E-state index contributed by atoms with van der Waals surface area (Å²) in [6.45, 7) is 0. The number of hydrogen-bond donors (Lipinski definition) is 0. The number of hydrogen-bond acceptors (Lipinski definition) is 7. The third kappa shape index (κ3) is 3.07. The smallest absolute Gasteiger partial charge is 0.268 e. The van der Waals surface area contributed by atoms with Gasteiger partial charge in [0.15, 0.2) is 0 Å². The van der Waals surface area contributed by atoms with Crippen molar-refractivity contribution in [1.82, 2.24) is 25.1 Å². The first kappa shape index (κ1) is 14.9. The van der Waals surface area contributed by atoms with Crippen molar-refractivity contribution in [3.8, 4) is 40.2 Å². The third-order valence-electron chi connectivity index (χ3n) is 3.54. The minimum absolute atomic E-state index is 0.315. The molecule has 7 nitrogen and oxygen atoms in total. The Hall–Kier alpha value is -3.61.